The maximum Gasteiger partial charge on any atom is 0.127 e. The molecular formula is C18H20O. The number of phenolic OH excluding ortho intramolecular Hbond substituents is 1. The van der Waals surface area contributed by atoms with Crippen molar-refractivity contribution < 1.29 is 5.11 Å². The zero-order valence-electron chi connectivity index (χ0n) is 11.8. The summed E-state index contributed by atoms with van der Waals surface area (Å²) in [7, 11) is 0. The maximum absolute atomic E-state index is 10.5. The molecule has 1 N–H and O–H groups in total. The molecule has 2 aromatic rings. The second-order valence-corrected chi connectivity index (χ2v) is 5.80. The molecule has 0 saturated heterocycles. The van der Waals surface area contributed by atoms with Crippen molar-refractivity contribution in [3.05, 3.63) is 71.8 Å². The van der Waals surface area contributed by atoms with E-state index in [9.17, 15) is 5.11 Å². The minimum atomic E-state index is -0.0862. The van der Waals surface area contributed by atoms with Crippen LogP contribution < -0.4 is 0 Å². The van der Waals surface area contributed by atoms with Gasteiger partial charge < -0.3 is 5.11 Å². The Balaban J connectivity index is 2.50. The first-order valence-electron chi connectivity index (χ1n) is 6.48. The Morgan fingerprint density at radius 1 is 0.947 bits per heavy atom. The quantitative estimate of drug-likeness (QED) is 0.817. The molecule has 0 fully saturated rings. The summed E-state index contributed by atoms with van der Waals surface area (Å²) in [5.74, 6) is 0.337. The van der Waals surface area contributed by atoms with Gasteiger partial charge in [0.05, 0.1) is 0 Å². The average molecular weight is 252 g/mol. The van der Waals surface area contributed by atoms with E-state index in [0.29, 0.717) is 5.75 Å². The van der Waals surface area contributed by atoms with E-state index in [1.807, 2.05) is 48.5 Å². The van der Waals surface area contributed by atoms with Crippen LogP contribution in [0.3, 0.4) is 0 Å². The summed E-state index contributed by atoms with van der Waals surface area (Å²) in [5.41, 5.74) is 3.55. The lowest BCUT2D eigenvalue weighted by molar-refractivity contribution is 0.445. The van der Waals surface area contributed by atoms with Gasteiger partial charge in [0.1, 0.15) is 5.75 Å². The van der Waals surface area contributed by atoms with Crippen LogP contribution in [-0.4, -0.2) is 5.11 Å². The Morgan fingerprint density at radius 2 is 1.58 bits per heavy atom. The number of aromatic hydroxyl groups is 1. The second kappa shape index (κ2) is 4.93. The summed E-state index contributed by atoms with van der Waals surface area (Å²) >= 11 is 0. The Labute approximate surface area is 115 Å². The monoisotopic (exact) mass is 252 g/mol. The highest BCUT2D eigenvalue weighted by Gasteiger charge is 2.20. The molecule has 0 heterocycles. The molecule has 0 atom stereocenters. The van der Waals surface area contributed by atoms with Crippen LogP contribution in [0.2, 0.25) is 0 Å². The number of benzene rings is 2. The standard InChI is InChI=1S/C18H20O/c1-13(14-9-6-5-7-10-14)15-11-8-12-16(17(15)19)18(2,3)4/h5-12,19H,1H2,2-4H3. The van der Waals surface area contributed by atoms with Crippen LogP contribution in [0.15, 0.2) is 55.1 Å². The highest BCUT2D eigenvalue weighted by molar-refractivity contribution is 5.81. The van der Waals surface area contributed by atoms with Crippen LogP contribution in [0.25, 0.3) is 5.57 Å². The molecule has 2 aromatic carbocycles. The Hall–Kier alpha value is -2.02. The lowest BCUT2D eigenvalue weighted by Gasteiger charge is -2.22. The molecule has 0 spiro atoms. The van der Waals surface area contributed by atoms with Crippen molar-refractivity contribution in [2.75, 3.05) is 0 Å². The van der Waals surface area contributed by atoms with Crippen LogP contribution >= 0.6 is 0 Å². The summed E-state index contributed by atoms with van der Waals surface area (Å²) in [6, 6.07) is 15.8. The van der Waals surface area contributed by atoms with Gasteiger partial charge in [-0.15, -0.1) is 0 Å². The average Bonchev–Trinajstić information content (AvgIpc) is 2.38. The van der Waals surface area contributed by atoms with Crippen molar-refractivity contribution in [3.63, 3.8) is 0 Å². The molecule has 0 bridgehead atoms. The molecule has 2 rings (SSSR count). The molecule has 19 heavy (non-hydrogen) atoms. The predicted octanol–water partition coefficient (Wildman–Crippen LogP) is 4.75. The predicted molar refractivity (Wildman–Crippen MR) is 81.4 cm³/mol. The van der Waals surface area contributed by atoms with E-state index in [-0.39, 0.29) is 5.41 Å². The molecule has 0 unspecified atom stereocenters. The first kappa shape index (κ1) is 13.4. The third-order valence-corrected chi connectivity index (χ3v) is 3.29. The molecule has 0 aliphatic carbocycles. The van der Waals surface area contributed by atoms with Crippen LogP contribution in [-0.2, 0) is 5.41 Å². The van der Waals surface area contributed by atoms with Crippen molar-refractivity contribution in [1.82, 2.24) is 0 Å². The van der Waals surface area contributed by atoms with Crippen molar-refractivity contribution in [1.29, 1.82) is 0 Å². The SMILES string of the molecule is C=C(c1ccccc1)c1cccc(C(C)(C)C)c1O. The van der Waals surface area contributed by atoms with E-state index in [0.717, 1.165) is 22.3 Å². The number of para-hydroxylation sites is 1. The Kier molecular flexibility index (Phi) is 3.48. The lowest BCUT2D eigenvalue weighted by atomic mass is 9.84. The van der Waals surface area contributed by atoms with Gasteiger partial charge in [0.25, 0.3) is 0 Å². The van der Waals surface area contributed by atoms with Gasteiger partial charge in [-0.3, -0.25) is 0 Å². The van der Waals surface area contributed by atoms with Crippen molar-refractivity contribution in [2.45, 2.75) is 26.2 Å². The minimum absolute atomic E-state index is 0.0862. The third-order valence-electron chi connectivity index (χ3n) is 3.29. The van der Waals surface area contributed by atoms with Crippen molar-refractivity contribution >= 4 is 5.57 Å². The van der Waals surface area contributed by atoms with Crippen LogP contribution in [0.1, 0.15) is 37.5 Å². The molecule has 0 aliphatic heterocycles. The molecule has 0 saturated carbocycles. The first-order chi connectivity index (χ1) is 8.91. The number of hydrogen-bond acceptors (Lipinski definition) is 1. The summed E-state index contributed by atoms with van der Waals surface area (Å²) in [5, 5.41) is 10.5. The number of hydrogen-bond donors (Lipinski definition) is 1. The van der Waals surface area contributed by atoms with Crippen LogP contribution in [0.4, 0.5) is 0 Å². The summed E-state index contributed by atoms with van der Waals surface area (Å²) < 4.78 is 0. The Bertz CT molecular complexity index is 589. The van der Waals surface area contributed by atoms with Crippen molar-refractivity contribution in [3.8, 4) is 5.75 Å². The molecule has 0 aromatic heterocycles. The second-order valence-electron chi connectivity index (χ2n) is 5.80. The van der Waals surface area contributed by atoms with E-state index in [1.165, 1.54) is 0 Å². The fourth-order valence-electron chi connectivity index (χ4n) is 2.19. The van der Waals surface area contributed by atoms with Crippen LogP contribution in [0.5, 0.6) is 5.75 Å². The number of phenols is 1. The van der Waals surface area contributed by atoms with E-state index >= 15 is 0 Å². The summed E-state index contributed by atoms with van der Waals surface area (Å²) in [4.78, 5) is 0. The largest absolute Gasteiger partial charge is 0.507 e. The van der Waals surface area contributed by atoms with Gasteiger partial charge in [-0.1, -0.05) is 75.9 Å². The smallest absolute Gasteiger partial charge is 0.127 e. The molecule has 0 amide bonds. The van der Waals surface area contributed by atoms with E-state index in [4.69, 9.17) is 0 Å². The van der Waals surface area contributed by atoms with Gasteiger partial charge >= 0.3 is 0 Å². The molecule has 1 nitrogen and oxygen atoms in total. The van der Waals surface area contributed by atoms with Gasteiger partial charge in [-0.2, -0.15) is 0 Å². The molecule has 0 radical (unpaired) electrons. The highest BCUT2D eigenvalue weighted by Crippen LogP contribution is 2.37. The van der Waals surface area contributed by atoms with E-state index in [1.54, 1.807) is 0 Å². The molecular weight excluding hydrogens is 232 g/mol. The Morgan fingerprint density at radius 3 is 2.16 bits per heavy atom. The van der Waals surface area contributed by atoms with E-state index in [2.05, 4.69) is 27.4 Å². The molecule has 1 heteroatoms. The van der Waals surface area contributed by atoms with Gasteiger partial charge in [0.2, 0.25) is 0 Å². The maximum atomic E-state index is 10.5. The normalized spacial score (nSPS) is 11.3. The van der Waals surface area contributed by atoms with Gasteiger partial charge in [-0.25, -0.2) is 0 Å². The van der Waals surface area contributed by atoms with Gasteiger partial charge in [0.15, 0.2) is 0 Å². The first-order valence-corrected chi connectivity index (χ1v) is 6.48. The summed E-state index contributed by atoms with van der Waals surface area (Å²) in [6.45, 7) is 10.4. The minimum Gasteiger partial charge on any atom is -0.507 e. The van der Waals surface area contributed by atoms with Gasteiger partial charge in [0, 0.05) is 5.56 Å². The highest BCUT2D eigenvalue weighted by atomic mass is 16.3. The zero-order chi connectivity index (χ0) is 14.0. The molecule has 0 aliphatic rings. The molecule has 98 valence electrons. The fourth-order valence-corrected chi connectivity index (χ4v) is 2.19. The van der Waals surface area contributed by atoms with E-state index < -0.39 is 0 Å². The van der Waals surface area contributed by atoms with Gasteiger partial charge in [-0.05, 0) is 22.1 Å². The zero-order valence-corrected chi connectivity index (χ0v) is 11.8. The fraction of sp³-hybridized carbons (Fsp3) is 0.222. The summed E-state index contributed by atoms with van der Waals surface area (Å²) in [6.07, 6.45) is 0. The van der Waals surface area contributed by atoms with Crippen LogP contribution in [0, 0.1) is 0 Å². The lowest BCUT2D eigenvalue weighted by Crippen LogP contribution is -2.11. The number of rotatable bonds is 2. The van der Waals surface area contributed by atoms with Crippen molar-refractivity contribution in [2.24, 2.45) is 0 Å². The topological polar surface area (TPSA) is 20.2 Å². The third kappa shape index (κ3) is 2.70.